The van der Waals surface area contributed by atoms with Crippen molar-refractivity contribution in [3.8, 4) is 34.2 Å². The Bertz CT molecular complexity index is 2100. The lowest BCUT2D eigenvalue weighted by Gasteiger charge is -2.10. The van der Waals surface area contributed by atoms with E-state index in [1.54, 1.807) is 13.2 Å². The minimum absolute atomic E-state index is 0.233. The lowest BCUT2D eigenvalue weighted by atomic mass is 10.1. The van der Waals surface area contributed by atoms with Crippen LogP contribution >= 0.6 is 11.3 Å². The predicted molar refractivity (Wildman–Crippen MR) is 188 cm³/mol. The number of nitrogens with zero attached hydrogens (tertiary/aromatic N) is 5. The predicted octanol–water partition coefficient (Wildman–Crippen LogP) is 6.94. The Morgan fingerprint density at radius 2 is 1.72 bits per heavy atom. The van der Waals surface area contributed by atoms with Gasteiger partial charge in [-0.25, -0.2) is 4.68 Å². The molecule has 47 heavy (non-hydrogen) atoms. The molecule has 6 rings (SSSR count). The van der Waals surface area contributed by atoms with Crippen molar-refractivity contribution in [3.63, 3.8) is 0 Å². The third kappa shape index (κ3) is 7.44. The number of methoxy groups -OCH3 is 1. The molecule has 0 bridgehead atoms. The maximum Gasteiger partial charge on any atom is 0.291 e. The van der Waals surface area contributed by atoms with E-state index in [0.29, 0.717) is 45.9 Å². The number of fused-ring (bicyclic) bond motifs is 1. The summed E-state index contributed by atoms with van der Waals surface area (Å²) >= 11 is 1.29. The maximum atomic E-state index is 13.5. The first-order chi connectivity index (χ1) is 22.9. The Kier molecular flexibility index (Phi) is 9.78. The van der Waals surface area contributed by atoms with Crippen LogP contribution in [-0.4, -0.2) is 44.7 Å². The Balaban J connectivity index is 1.29. The molecule has 0 unspecified atom stereocenters. The highest BCUT2D eigenvalue weighted by Crippen LogP contribution is 2.29. The number of aromatic nitrogens is 5. The maximum absolute atomic E-state index is 13.5. The highest BCUT2D eigenvalue weighted by atomic mass is 32.1. The topological polar surface area (TPSA) is 92.8 Å². The Morgan fingerprint density at radius 1 is 0.915 bits per heavy atom. The van der Waals surface area contributed by atoms with Gasteiger partial charge in [0, 0.05) is 17.3 Å². The standard InChI is InChI=1S/C37H37N5O4S/c1-5-20-46-31-17-11-26(22-32(31)44-4)12-18-34-38-37-42(39-34)36(43)33(47-37)23-28-24-41(29-9-7-6-8-10-29)40-35(28)27-13-15-30(16-14-27)45-21-19-25(2)3/h6-18,22-25H,5,19-21H2,1-4H3/b18-12+,33-23-. The molecule has 0 aliphatic heterocycles. The molecule has 0 aliphatic carbocycles. The third-order valence-electron chi connectivity index (χ3n) is 7.41. The van der Waals surface area contributed by atoms with Crippen molar-refractivity contribution in [3.05, 3.63) is 111 Å². The van der Waals surface area contributed by atoms with Crippen LogP contribution in [0.15, 0.2) is 83.8 Å². The molecular weight excluding hydrogens is 611 g/mol. The van der Waals surface area contributed by atoms with E-state index in [1.165, 1.54) is 15.9 Å². The van der Waals surface area contributed by atoms with Gasteiger partial charge >= 0.3 is 0 Å². The van der Waals surface area contributed by atoms with Crippen LogP contribution in [0.5, 0.6) is 17.2 Å². The summed E-state index contributed by atoms with van der Waals surface area (Å²) in [5.74, 6) is 3.20. The molecule has 0 spiro atoms. The molecule has 3 aromatic carbocycles. The molecule has 0 aliphatic rings. The average molecular weight is 648 g/mol. The van der Waals surface area contributed by atoms with Crippen molar-refractivity contribution in [1.29, 1.82) is 0 Å². The van der Waals surface area contributed by atoms with Crippen LogP contribution in [0.3, 0.4) is 0 Å². The van der Waals surface area contributed by atoms with Gasteiger partial charge in [-0.1, -0.05) is 62.4 Å². The highest BCUT2D eigenvalue weighted by Gasteiger charge is 2.14. The van der Waals surface area contributed by atoms with Gasteiger partial charge in [0.15, 0.2) is 17.3 Å². The fourth-order valence-corrected chi connectivity index (χ4v) is 5.81. The molecule has 0 saturated carbocycles. The van der Waals surface area contributed by atoms with Gasteiger partial charge in [0.05, 0.1) is 30.5 Å². The minimum atomic E-state index is -0.233. The molecule has 0 radical (unpaired) electrons. The SMILES string of the molecule is CCCOc1ccc(/C=C/c2nc3s/c(=C\c4cn(-c5ccccc5)nc4-c4ccc(OCCC(C)C)cc4)c(=O)n3n2)cc1OC. The van der Waals surface area contributed by atoms with E-state index in [2.05, 4.69) is 30.9 Å². The summed E-state index contributed by atoms with van der Waals surface area (Å²) in [7, 11) is 1.62. The first-order valence-corrected chi connectivity index (χ1v) is 16.5. The van der Waals surface area contributed by atoms with Crippen molar-refractivity contribution >= 4 is 34.5 Å². The van der Waals surface area contributed by atoms with Crippen LogP contribution in [0.2, 0.25) is 0 Å². The van der Waals surface area contributed by atoms with E-state index in [9.17, 15) is 4.79 Å². The zero-order valence-electron chi connectivity index (χ0n) is 26.9. The summed E-state index contributed by atoms with van der Waals surface area (Å²) in [6.45, 7) is 7.72. The summed E-state index contributed by atoms with van der Waals surface area (Å²) in [6, 6.07) is 23.5. The molecule has 0 fully saturated rings. The summed E-state index contributed by atoms with van der Waals surface area (Å²) in [6.07, 6.45) is 9.37. The van der Waals surface area contributed by atoms with Crippen molar-refractivity contribution < 1.29 is 14.2 Å². The van der Waals surface area contributed by atoms with Gasteiger partial charge in [-0.15, -0.1) is 5.10 Å². The molecule has 3 aromatic heterocycles. The quantitative estimate of drug-likeness (QED) is 0.134. The first-order valence-electron chi connectivity index (χ1n) is 15.7. The van der Waals surface area contributed by atoms with Crippen LogP contribution in [0.1, 0.15) is 50.6 Å². The Morgan fingerprint density at radius 3 is 2.45 bits per heavy atom. The largest absolute Gasteiger partial charge is 0.494 e. The lowest BCUT2D eigenvalue weighted by molar-refractivity contribution is 0.289. The van der Waals surface area contributed by atoms with Gasteiger partial charge in [0.25, 0.3) is 5.56 Å². The number of thiazole rings is 1. The molecule has 240 valence electrons. The zero-order chi connectivity index (χ0) is 32.8. The van der Waals surface area contributed by atoms with E-state index in [-0.39, 0.29) is 5.56 Å². The van der Waals surface area contributed by atoms with Gasteiger partial charge in [0.1, 0.15) is 11.4 Å². The summed E-state index contributed by atoms with van der Waals surface area (Å²) in [4.78, 5) is 18.6. The Hall–Kier alpha value is -5.22. The van der Waals surface area contributed by atoms with E-state index >= 15 is 0 Å². The number of rotatable bonds is 13. The molecular formula is C37H37N5O4S. The van der Waals surface area contributed by atoms with Gasteiger partial charge in [0.2, 0.25) is 4.96 Å². The fraction of sp³-hybridized carbons (Fsp3) is 0.243. The molecule has 0 N–H and O–H groups in total. The molecule has 3 heterocycles. The second-order valence-electron chi connectivity index (χ2n) is 11.4. The number of benzene rings is 3. The van der Waals surface area contributed by atoms with Crippen LogP contribution in [-0.2, 0) is 0 Å². The van der Waals surface area contributed by atoms with Gasteiger partial charge in [-0.2, -0.15) is 14.6 Å². The van der Waals surface area contributed by atoms with E-state index in [4.69, 9.17) is 19.3 Å². The zero-order valence-corrected chi connectivity index (χ0v) is 27.7. The van der Waals surface area contributed by atoms with Crippen molar-refractivity contribution in [2.75, 3.05) is 20.3 Å². The monoisotopic (exact) mass is 647 g/mol. The smallest absolute Gasteiger partial charge is 0.291 e. The lowest BCUT2D eigenvalue weighted by Crippen LogP contribution is -2.23. The molecule has 10 heteroatoms. The van der Waals surface area contributed by atoms with Crippen LogP contribution in [0.25, 0.3) is 40.1 Å². The van der Waals surface area contributed by atoms with Crippen LogP contribution < -0.4 is 24.3 Å². The minimum Gasteiger partial charge on any atom is -0.494 e. The highest BCUT2D eigenvalue weighted by molar-refractivity contribution is 7.15. The molecule has 9 nitrogen and oxygen atoms in total. The van der Waals surface area contributed by atoms with E-state index in [0.717, 1.165) is 46.7 Å². The molecule has 0 amide bonds. The van der Waals surface area contributed by atoms with Crippen LogP contribution in [0.4, 0.5) is 0 Å². The number of ether oxygens (including phenoxy) is 3. The normalized spacial score (nSPS) is 12.1. The second kappa shape index (κ2) is 14.5. The number of para-hydroxylation sites is 1. The number of hydrogen-bond donors (Lipinski definition) is 0. The van der Waals surface area contributed by atoms with Crippen molar-refractivity contribution in [1.82, 2.24) is 24.4 Å². The van der Waals surface area contributed by atoms with Crippen molar-refractivity contribution in [2.45, 2.75) is 33.6 Å². The third-order valence-corrected chi connectivity index (χ3v) is 8.37. The second-order valence-corrected chi connectivity index (χ2v) is 12.4. The van der Waals surface area contributed by atoms with Crippen LogP contribution in [0, 0.1) is 5.92 Å². The summed E-state index contributed by atoms with van der Waals surface area (Å²) in [5, 5.41) is 9.39. The van der Waals surface area contributed by atoms with Gasteiger partial charge in [-0.05, 0) is 85.0 Å². The molecule has 6 aromatic rings. The number of hydrogen-bond acceptors (Lipinski definition) is 8. The van der Waals surface area contributed by atoms with Crippen molar-refractivity contribution in [2.24, 2.45) is 5.92 Å². The van der Waals surface area contributed by atoms with Gasteiger partial charge < -0.3 is 14.2 Å². The summed E-state index contributed by atoms with van der Waals surface area (Å²) < 4.78 is 20.9. The van der Waals surface area contributed by atoms with E-state index < -0.39 is 0 Å². The van der Waals surface area contributed by atoms with E-state index in [1.807, 2.05) is 95.8 Å². The molecule has 0 atom stereocenters. The molecule has 0 saturated heterocycles. The fourth-order valence-electron chi connectivity index (χ4n) is 4.90. The average Bonchev–Trinajstić information content (AvgIpc) is 3.78. The van der Waals surface area contributed by atoms with Gasteiger partial charge in [-0.3, -0.25) is 4.79 Å². The Labute approximate surface area is 277 Å². The first kappa shape index (κ1) is 31.7. The summed E-state index contributed by atoms with van der Waals surface area (Å²) in [5.41, 5.74) is 4.07.